The molecular weight excluding hydrogens is 138 g/mol. The van der Waals surface area contributed by atoms with Gasteiger partial charge in [-0.1, -0.05) is 0 Å². The Morgan fingerprint density at radius 2 is 2.36 bits per heavy atom. The molecule has 0 amide bonds. The van der Waals surface area contributed by atoms with Crippen LogP contribution in [-0.4, -0.2) is 15.8 Å². The molecule has 0 spiro atoms. The van der Waals surface area contributed by atoms with Crippen molar-refractivity contribution in [1.29, 1.82) is 0 Å². The van der Waals surface area contributed by atoms with Crippen LogP contribution in [0.5, 0.6) is 0 Å². The fourth-order valence-corrected chi connectivity index (χ4v) is 1.06. The maximum Gasteiger partial charge on any atom is 0.0642 e. The standard InChI is InChI=1S/C8H15N3/c1-6(9)4-8-5-7(2)11(3)10-8/h5-6H,4,9H2,1-3H3/t6-/m0/s1. The summed E-state index contributed by atoms with van der Waals surface area (Å²) in [6.07, 6.45) is 0.863. The second kappa shape index (κ2) is 3.05. The first-order valence-corrected chi connectivity index (χ1v) is 3.84. The molecule has 1 atom stereocenters. The normalized spacial score (nSPS) is 13.5. The molecule has 0 radical (unpaired) electrons. The van der Waals surface area contributed by atoms with E-state index in [9.17, 15) is 0 Å². The Balaban J connectivity index is 2.73. The van der Waals surface area contributed by atoms with E-state index in [1.165, 1.54) is 5.69 Å². The number of nitrogens with zero attached hydrogens (tertiary/aromatic N) is 2. The molecule has 0 aromatic carbocycles. The maximum atomic E-state index is 5.63. The van der Waals surface area contributed by atoms with Gasteiger partial charge in [-0.25, -0.2) is 0 Å². The Labute approximate surface area is 67.2 Å². The summed E-state index contributed by atoms with van der Waals surface area (Å²) in [7, 11) is 1.94. The number of aryl methyl sites for hydroxylation is 2. The van der Waals surface area contributed by atoms with Crippen LogP contribution in [0.15, 0.2) is 6.07 Å². The molecule has 1 heterocycles. The average molecular weight is 153 g/mol. The van der Waals surface area contributed by atoms with Gasteiger partial charge in [0, 0.05) is 25.2 Å². The van der Waals surface area contributed by atoms with Gasteiger partial charge in [0.2, 0.25) is 0 Å². The van der Waals surface area contributed by atoms with Gasteiger partial charge in [-0.15, -0.1) is 0 Å². The third-order valence-electron chi connectivity index (χ3n) is 1.70. The number of hydrogen-bond donors (Lipinski definition) is 1. The van der Waals surface area contributed by atoms with Crippen LogP contribution in [0.2, 0.25) is 0 Å². The first-order valence-electron chi connectivity index (χ1n) is 3.84. The van der Waals surface area contributed by atoms with E-state index in [0.717, 1.165) is 12.1 Å². The van der Waals surface area contributed by atoms with Gasteiger partial charge in [-0.3, -0.25) is 4.68 Å². The van der Waals surface area contributed by atoms with Crippen LogP contribution < -0.4 is 5.73 Å². The van der Waals surface area contributed by atoms with Crippen molar-refractivity contribution in [2.45, 2.75) is 26.3 Å². The topological polar surface area (TPSA) is 43.8 Å². The fourth-order valence-electron chi connectivity index (χ4n) is 1.06. The molecule has 11 heavy (non-hydrogen) atoms. The Bertz CT molecular complexity index is 218. The molecule has 1 rings (SSSR count). The molecule has 3 nitrogen and oxygen atoms in total. The molecule has 0 aliphatic heterocycles. The van der Waals surface area contributed by atoms with Gasteiger partial charge in [-0.2, -0.15) is 5.10 Å². The highest BCUT2D eigenvalue weighted by Crippen LogP contribution is 2.02. The molecule has 0 aliphatic carbocycles. The number of rotatable bonds is 2. The van der Waals surface area contributed by atoms with Crippen molar-refractivity contribution in [3.8, 4) is 0 Å². The van der Waals surface area contributed by atoms with Crippen LogP contribution in [0.25, 0.3) is 0 Å². The summed E-state index contributed by atoms with van der Waals surface area (Å²) < 4.78 is 1.87. The first-order chi connectivity index (χ1) is 5.09. The van der Waals surface area contributed by atoms with E-state index in [4.69, 9.17) is 5.73 Å². The van der Waals surface area contributed by atoms with Crippen molar-refractivity contribution in [2.24, 2.45) is 12.8 Å². The highest BCUT2D eigenvalue weighted by atomic mass is 15.3. The second-order valence-electron chi connectivity index (χ2n) is 3.08. The van der Waals surface area contributed by atoms with Crippen molar-refractivity contribution in [3.63, 3.8) is 0 Å². The van der Waals surface area contributed by atoms with Crippen LogP contribution in [0.3, 0.4) is 0 Å². The van der Waals surface area contributed by atoms with Gasteiger partial charge >= 0.3 is 0 Å². The van der Waals surface area contributed by atoms with E-state index >= 15 is 0 Å². The van der Waals surface area contributed by atoms with E-state index in [2.05, 4.69) is 11.2 Å². The predicted octanol–water partition coefficient (Wildman–Crippen LogP) is 0.618. The minimum Gasteiger partial charge on any atom is -0.328 e. The first kappa shape index (κ1) is 8.27. The van der Waals surface area contributed by atoms with Crippen LogP contribution in [-0.2, 0) is 13.5 Å². The Morgan fingerprint density at radius 1 is 1.73 bits per heavy atom. The fraction of sp³-hybridized carbons (Fsp3) is 0.625. The molecular formula is C8H15N3. The van der Waals surface area contributed by atoms with Gasteiger partial charge in [0.25, 0.3) is 0 Å². The lowest BCUT2D eigenvalue weighted by atomic mass is 10.2. The van der Waals surface area contributed by atoms with Crippen molar-refractivity contribution in [2.75, 3.05) is 0 Å². The van der Waals surface area contributed by atoms with Gasteiger partial charge in [-0.05, 0) is 19.9 Å². The summed E-state index contributed by atoms with van der Waals surface area (Å²) in [4.78, 5) is 0. The molecule has 62 valence electrons. The molecule has 1 aromatic rings. The summed E-state index contributed by atoms with van der Waals surface area (Å²) in [6.45, 7) is 4.03. The van der Waals surface area contributed by atoms with Crippen LogP contribution in [0.4, 0.5) is 0 Å². The van der Waals surface area contributed by atoms with Crippen LogP contribution >= 0.6 is 0 Å². The quantitative estimate of drug-likeness (QED) is 0.676. The summed E-state index contributed by atoms with van der Waals surface area (Å²) >= 11 is 0. The average Bonchev–Trinajstić information content (AvgIpc) is 2.10. The molecule has 1 aromatic heterocycles. The van der Waals surface area contributed by atoms with Gasteiger partial charge in [0.1, 0.15) is 0 Å². The zero-order valence-corrected chi connectivity index (χ0v) is 7.33. The zero-order chi connectivity index (χ0) is 8.43. The number of nitrogens with two attached hydrogens (primary N) is 1. The molecule has 0 saturated carbocycles. The highest BCUT2D eigenvalue weighted by molar-refractivity contribution is 5.09. The molecule has 0 aliphatic rings. The number of aromatic nitrogens is 2. The van der Waals surface area contributed by atoms with Crippen molar-refractivity contribution < 1.29 is 0 Å². The Hall–Kier alpha value is -0.830. The van der Waals surface area contributed by atoms with E-state index in [1.807, 2.05) is 25.6 Å². The minimum atomic E-state index is 0.198. The summed E-state index contributed by atoms with van der Waals surface area (Å²) in [5.41, 5.74) is 7.90. The predicted molar refractivity (Wildman–Crippen MR) is 45.3 cm³/mol. The summed E-state index contributed by atoms with van der Waals surface area (Å²) in [5, 5.41) is 4.29. The summed E-state index contributed by atoms with van der Waals surface area (Å²) in [6, 6.07) is 2.27. The molecule has 0 saturated heterocycles. The van der Waals surface area contributed by atoms with E-state index < -0.39 is 0 Å². The van der Waals surface area contributed by atoms with Crippen molar-refractivity contribution in [3.05, 3.63) is 17.5 Å². The lowest BCUT2D eigenvalue weighted by Gasteiger charge is -1.98. The Kier molecular flexibility index (Phi) is 2.29. The molecule has 0 bridgehead atoms. The summed E-state index contributed by atoms with van der Waals surface area (Å²) in [5.74, 6) is 0. The van der Waals surface area contributed by atoms with Crippen LogP contribution in [0, 0.1) is 6.92 Å². The molecule has 0 fully saturated rings. The largest absolute Gasteiger partial charge is 0.328 e. The van der Waals surface area contributed by atoms with E-state index in [-0.39, 0.29) is 6.04 Å². The van der Waals surface area contributed by atoms with Crippen molar-refractivity contribution >= 4 is 0 Å². The van der Waals surface area contributed by atoms with Gasteiger partial charge < -0.3 is 5.73 Å². The molecule has 2 N–H and O–H groups in total. The maximum absolute atomic E-state index is 5.63. The third-order valence-corrected chi connectivity index (χ3v) is 1.70. The van der Waals surface area contributed by atoms with E-state index in [0.29, 0.717) is 0 Å². The molecule has 0 unspecified atom stereocenters. The zero-order valence-electron chi connectivity index (χ0n) is 7.33. The lowest BCUT2D eigenvalue weighted by Crippen LogP contribution is -2.18. The Morgan fingerprint density at radius 3 is 2.73 bits per heavy atom. The second-order valence-corrected chi connectivity index (χ2v) is 3.08. The SMILES string of the molecule is Cc1cc(C[C@H](C)N)nn1C. The number of hydrogen-bond acceptors (Lipinski definition) is 2. The third kappa shape index (κ3) is 2.05. The lowest BCUT2D eigenvalue weighted by molar-refractivity contribution is 0.678. The van der Waals surface area contributed by atoms with Gasteiger partial charge in [0.05, 0.1) is 5.69 Å². The van der Waals surface area contributed by atoms with Crippen LogP contribution in [0.1, 0.15) is 18.3 Å². The monoisotopic (exact) mass is 153 g/mol. The molecule has 3 heteroatoms. The van der Waals surface area contributed by atoms with Crippen molar-refractivity contribution in [1.82, 2.24) is 9.78 Å². The minimum absolute atomic E-state index is 0.198. The van der Waals surface area contributed by atoms with E-state index in [1.54, 1.807) is 0 Å². The smallest absolute Gasteiger partial charge is 0.0642 e. The van der Waals surface area contributed by atoms with Gasteiger partial charge in [0.15, 0.2) is 0 Å². The highest BCUT2D eigenvalue weighted by Gasteiger charge is 2.02.